The third-order valence-corrected chi connectivity index (χ3v) is 3.81. The van der Waals surface area contributed by atoms with Crippen LogP contribution in [0.1, 0.15) is 32.1 Å². The minimum atomic E-state index is 0.436. The van der Waals surface area contributed by atoms with E-state index in [2.05, 4.69) is 0 Å². The summed E-state index contributed by atoms with van der Waals surface area (Å²) in [4.78, 5) is 2.00. The fourth-order valence-corrected chi connectivity index (χ4v) is 2.59. The predicted octanol–water partition coefficient (Wildman–Crippen LogP) is 3.69. The van der Waals surface area contributed by atoms with E-state index in [-0.39, 0.29) is 0 Å². The molecule has 0 amide bonds. The summed E-state index contributed by atoms with van der Waals surface area (Å²) in [6, 6.07) is 7.91. The number of methoxy groups -OCH3 is 1. The van der Waals surface area contributed by atoms with Crippen LogP contribution in [0.4, 0.5) is 5.69 Å². The summed E-state index contributed by atoms with van der Waals surface area (Å²) < 4.78 is 5.15. The Morgan fingerprint density at radius 3 is 2.33 bits per heavy atom. The van der Waals surface area contributed by atoms with Crippen molar-refractivity contribution in [3.8, 4) is 5.75 Å². The van der Waals surface area contributed by atoms with Crippen molar-refractivity contribution >= 4 is 11.5 Å². The Labute approximate surface area is 109 Å². The third kappa shape index (κ3) is 2.84. The van der Waals surface area contributed by atoms with Crippen molar-refractivity contribution in [2.24, 2.45) is 5.92 Å². The van der Waals surface area contributed by atoms with Crippen LogP contribution in [0.15, 0.2) is 24.3 Å². The zero-order chi connectivity index (χ0) is 13.0. The van der Waals surface area contributed by atoms with Crippen molar-refractivity contribution in [2.45, 2.75) is 32.1 Å². The van der Waals surface area contributed by atoms with Crippen LogP contribution < -0.4 is 9.64 Å². The van der Waals surface area contributed by atoms with Gasteiger partial charge in [0, 0.05) is 18.7 Å². The number of rotatable bonds is 3. The van der Waals surface area contributed by atoms with Gasteiger partial charge in [-0.1, -0.05) is 19.3 Å². The first-order valence-corrected chi connectivity index (χ1v) is 6.68. The summed E-state index contributed by atoms with van der Waals surface area (Å²) in [7, 11) is 3.65. The molecule has 1 aromatic rings. The number of benzene rings is 1. The van der Waals surface area contributed by atoms with Crippen molar-refractivity contribution < 1.29 is 4.74 Å². The van der Waals surface area contributed by atoms with Crippen molar-refractivity contribution in [2.75, 3.05) is 19.1 Å². The smallest absolute Gasteiger partial charge is 0.119 e. The monoisotopic (exact) mass is 246 g/mol. The van der Waals surface area contributed by atoms with Crippen LogP contribution in [0.25, 0.3) is 0 Å². The first-order chi connectivity index (χ1) is 8.72. The molecule has 1 fully saturated rings. The number of anilines is 1. The van der Waals surface area contributed by atoms with E-state index in [0.29, 0.717) is 5.92 Å². The molecule has 0 aliphatic heterocycles. The van der Waals surface area contributed by atoms with Crippen molar-refractivity contribution in [3.63, 3.8) is 0 Å². The molecule has 0 aromatic heterocycles. The fraction of sp³-hybridized carbons (Fsp3) is 0.533. The molecule has 0 atom stereocenters. The van der Waals surface area contributed by atoms with E-state index in [9.17, 15) is 0 Å². The van der Waals surface area contributed by atoms with Gasteiger partial charge in [0.15, 0.2) is 0 Å². The molecule has 1 aromatic carbocycles. The lowest BCUT2D eigenvalue weighted by Crippen LogP contribution is -2.33. The summed E-state index contributed by atoms with van der Waals surface area (Å²) in [5.74, 6) is 2.04. The topological polar surface area (TPSA) is 36.3 Å². The van der Waals surface area contributed by atoms with Gasteiger partial charge in [-0.15, -0.1) is 0 Å². The summed E-state index contributed by atoms with van der Waals surface area (Å²) >= 11 is 0. The molecule has 18 heavy (non-hydrogen) atoms. The molecule has 1 aliphatic carbocycles. The second-order valence-electron chi connectivity index (χ2n) is 4.98. The molecule has 0 unspecified atom stereocenters. The molecule has 98 valence electrons. The molecular formula is C15H22N2O. The Kier molecular flexibility index (Phi) is 4.24. The van der Waals surface area contributed by atoms with E-state index in [1.165, 1.54) is 32.1 Å². The molecular weight excluding hydrogens is 224 g/mol. The largest absolute Gasteiger partial charge is 0.497 e. The van der Waals surface area contributed by atoms with E-state index >= 15 is 0 Å². The van der Waals surface area contributed by atoms with Gasteiger partial charge in [0.25, 0.3) is 0 Å². The molecule has 3 heteroatoms. The summed E-state index contributed by atoms with van der Waals surface area (Å²) in [5.41, 5.74) is 1.06. The fourth-order valence-electron chi connectivity index (χ4n) is 2.59. The number of nitrogens with one attached hydrogen (secondary N) is 1. The molecule has 0 heterocycles. The Bertz CT molecular complexity index is 393. The maximum absolute atomic E-state index is 8.32. The number of nitrogens with zero attached hydrogens (tertiary/aromatic N) is 1. The van der Waals surface area contributed by atoms with Crippen LogP contribution in [0, 0.1) is 11.3 Å². The second-order valence-corrected chi connectivity index (χ2v) is 4.98. The van der Waals surface area contributed by atoms with E-state index in [0.717, 1.165) is 17.3 Å². The van der Waals surface area contributed by atoms with Gasteiger partial charge in [0.05, 0.1) is 7.11 Å². The Balaban J connectivity index is 2.04. The highest BCUT2D eigenvalue weighted by atomic mass is 16.5. The average molecular weight is 246 g/mol. The van der Waals surface area contributed by atoms with E-state index in [1.54, 1.807) is 7.11 Å². The van der Waals surface area contributed by atoms with Crippen LogP contribution in [-0.4, -0.2) is 20.0 Å². The first kappa shape index (κ1) is 12.9. The van der Waals surface area contributed by atoms with Crippen LogP contribution in [0.2, 0.25) is 0 Å². The highest BCUT2D eigenvalue weighted by Crippen LogP contribution is 2.27. The lowest BCUT2D eigenvalue weighted by molar-refractivity contribution is 0.415. The molecule has 1 aliphatic rings. The number of amidine groups is 1. The Hall–Kier alpha value is -1.51. The molecule has 3 nitrogen and oxygen atoms in total. The van der Waals surface area contributed by atoms with E-state index < -0.39 is 0 Å². The number of hydrogen-bond donors (Lipinski definition) is 1. The minimum Gasteiger partial charge on any atom is -0.497 e. The summed E-state index contributed by atoms with van der Waals surface area (Å²) in [6.45, 7) is 0. The highest BCUT2D eigenvalue weighted by molar-refractivity contribution is 5.96. The van der Waals surface area contributed by atoms with Gasteiger partial charge in [-0.25, -0.2) is 0 Å². The van der Waals surface area contributed by atoms with Gasteiger partial charge in [-0.3, -0.25) is 5.41 Å². The predicted molar refractivity (Wildman–Crippen MR) is 75.7 cm³/mol. The normalized spacial score (nSPS) is 16.3. The van der Waals surface area contributed by atoms with Gasteiger partial charge < -0.3 is 9.64 Å². The molecule has 0 radical (unpaired) electrons. The lowest BCUT2D eigenvalue weighted by atomic mass is 9.88. The lowest BCUT2D eigenvalue weighted by Gasteiger charge is -2.29. The molecule has 0 saturated heterocycles. The zero-order valence-corrected chi connectivity index (χ0v) is 11.3. The molecule has 0 spiro atoms. The molecule has 2 rings (SSSR count). The molecule has 0 bridgehead atoms. The SMILES string of the molecule is COc1ccc(N(C)C(=N)C2CCCCC2)cc1. The number of hydrogen-bond acceptors (Lipinski definition) is 2. The van der Waals surface area contributed by atoms with Crippen LogP contribution in [0.5, 0.6) is 5.75 Å². The highest BCUT2D eigenvalue weighted by Gasteiger charge is 2.21. The Morgan fingerprint density at radius 2 is 1.78 bits per heavy atom. The second kappa shape index (κ2) is 5.89. The maximum Gasteiger partial charge on any atom is 0.119 e. The van der Waals surface area contributed by atoms with Crippen LogP contribution >= 0.6 is 0 Å². The Morgan fingerprint density at radius 1 is 1.17 bits per heavy atom. The average Bonchev–Trinajstić information content (AvgIpc) is 2.47. The van der Waals surface area contributed by atoms with Crippen LogP contribution in [0.3, 0.4) is 0 Å². The summed E-state index contributed by atoms with van der Waals surface area (Å²) in [5, 5.41) is 8.32. The van der Waals surface area contributed by atoms with Crippen LogP contribution in [-0.2, 0) is 0 Å². The van der Waals surface area contributed by atoms with E-state index in [1.807, 2.05) is 36.2 Å². The number of ether oxygens (including phenoxy) is 1. The van der Waals surface area contributed by atoms with Crippen molar-refractivity contribution in [1.82, 2.24) is 0 Å². The van der Waals surface area contributed by atoms with Gasteiger partial charge in [-0.05, 0) is 37.1 Å². The van der Waals surface area contributed by atoms with Gasteiger partial charge in [0.2, 0.25) is 0 Å². The molecule has 1 saturated carbocycles. The minimum absolute atomic E-state index is 0.436. The third-order valence-electron chi connectivity index (χ3n) is 3.81. The maximum atomic E-state index is 8.32. The van der Waals surface area contributed by atoms with Gasteiger partial charge >= 0.3 is 0 Å². The first-order valence-electron chi connectivity index (χ1n) is 6.68. The van der Waals surface area contributed by atoms with E-state index in [4.69, 9.17) is 10.1 Å². The zero-order valence-electron chi connectivity index (χ0n) is 11.3. The van der Waals surface area contributed by atoms with Gasteiger partial charge in [-0.2, -0.15) is 0 Å². The van der Waals surface area contributed by atoms with Crippen molar-refractivity contribution in [1.29, 1.82) is 5.41 Å². The quantitative estimate of drug-likeness (QED) is 0.652. The summed E-state index contributed by atoms with van der Waals surface area (Å²) in [6.07, 6.45) is 6.20. The van der Waals surface area contributed by atoms with Crippen molar-refractivity contribution in [3.05, 3.63) is 24.3 Å². The van der Waals surface area contributed by atoms with Gasteiger partial charge in [0.1, 0.15) is 11.6 Å². The molecule has 1 N–H and O–H groups in total. The standard InChI is InChI=1S/C15H22N2O/c1-17(13-8-10-14(18-2)11-9-13)15(16)12-6-4-3-5-7-12/h8-12,16H,3-7H2,1-2H3.